The fraction of sp³-hybridized carbons (Fsp3) is 0.438. The van der Waals surface area contributed by atoms with E-state index in [9.17, 15) is 4.79 Å². The molecule has 1 saturated carbocycles. The number of hydrogen-bond acceptors (Lipinski definition) is 4. The van der Waals surface area contributed by atoms with Crippen LogP contribution in [0.2, 0.25) is 5.02 Å². The molecule has 0 saturated heterocycles. The maximum absolute atomic E-state index is 12.3. The van der Waals surface area contributed by atoms with Crippen molar-refractivity contribution >= 4 is 35.0 Å². The number of aromatic nitrogens is 3. The lowest BCUT2D eigenvalue weighted by Gasteiger charge is -2.12. The zero-order chi connectivity index (χ0) is 16.4. The molecule has 0 unspecified atom stereocenters. The monoisotopic (exact) mass is 350 g/mol. The molecule has 1 N–H and O–H groups in total. The summed E-state index contributed by atoms with van der Waals surface area (Å²) < 4.78 is 2.12. The van der Waals surface area contributed by atoms with Crippen LogP contribution in [0, 0.1) is 0 Å². The maximum Gasteiger partial charge on any atom is 0.237 e. The third-order valence-corrected chi connectivity index (χ3v) is 5.10. The van der Waals surface area contributed by atoms with Crippen molar-refractivity contribution in [2.24, 2.45) is 0 Å². The molecule has 23 heavy (non-hydrogen) atoms. The molecule has 7 heteroatoms. The van der Waals surface area contributed by atoms with Crippen molar-refractivity contribution in [3.05, 3.63) is 35.1 Å². The number of thioether (sulfide) groups is 1. The summed E-state index contributed by atoms with van der Waals surface area (Å²) in [5.41, 5.74) is 0.738. The summed E-state index contributed by atoms with van der Waals surface area (Å²) in [5, 5.41) is 12.7. The number of carbonyl (C=O) groups excluding carboxylic acids is 1. The molecule has 3 rings (SSSR count). The highest BCUT2D eigenvalue weighted by atomic mass is 35.5. The third kappa shape index (κ3) is 3.87. The normalized spacial score (nSPS) is 15.4. The quantitative estimate of drug-likeness (QED) is 0.801. The van der Waals surface area contributed by atoms with Gasteiger partial charge in [0, 0.05) is 23.2 Å². The number of carbonyl (C=O) groups is 1. The highest BCUT2D eigenvalue weighted by Gasteiger charge is 2.30. The Hall–Kier alpha value is -1.53. The lowest BCUT2D eigenvalue weighted by Crippen LogP contribution is -2.23. The van der Waals surface area contributed by atoms with E-state index in [1.165, 1.54) is 24.6 Å². The minimum Gasteiger partial charge on any atom is -0.325 e. The SMILES string of the molecule is CCn1c(S[C@@H](C)C(=O)Nc2ccc(Cl)cc2)nnc1C1CC1. The lowest BCUT2D eigenvalue weighted by atomic mass is 10.3. The van der Waals surface area contributed by atoms with E-state index in [1.54, 1.807) is 24.3 Å². The van der Waals surface area contributed by atoms with Crippen LogP contribution in [-0.4, -0.2) is 25.9 Å². The molecule has 1 aliphatic rings. The van der Waals surface area contributed by atoms with Crippen LogP contribution in [0.15, 0.2) is 29.4 Å². The Morgan fingerprint density at radius 3 is 2.70 bits per heavy atom. The van der Waals surface area contributed by atoms with Gasteiger partial charge in [-0.1, -0.05) is 23.4 Å². The molecule has 1 heterocycles. The van der Waals surface area contributed by atoms with Crippen molar-refractivity contribution in [1.82, 2.24) is 14.8 Å². The van der Waals surface area contributed by atoms with Gasteiger partial charge in [-0.15, -0.1) is 10.2 Å². The van der Waals surface area contributed by atoms with E-state index in [2.05, 4.69) is 27.0 Å². The van der Waals surface area contributed by atoms with Crippen LogP contribution in [0.3, 0.4) is 0 Å². The topological polar surface area (TPSA) is 59.8 Å². The van der Waals surface area contributed by atoms with Crippen molar-refractivity contribution in [2.75, 3.05) is 5.32 Å². The van der Waals surface area contributed by atoms with E-state index < -0.39 is 0 Å². The number of hydrogen-bond donors (Lipinski definition) is 1. The Morgan fingerprint density at radius 1 is 1.39 bits per heavy atom. The standard InChI is InChI=1S/C16H19ClN4OS/c1-3-21-14(11-4-5-11)19-20-16(21)23-10(2)15(22)18-13-8-6-12(17)7-9-13/h6-11H,3-5H2,1-2H3,(H,18,22)/t10-/m0/s1. The lowest BCUT2D eigenvalue weighted by molar-refractivity contribution is -0.115. The van der Waals surface area contributed by atoms with Gasteiger partial charge in [-0.3, -0.25) is 4.79 Å². The molecule has 0 spiro atoms. The molecule has 1 aromatic heterocycles. The number of anilines is 1. The Morgan fingerprint density at radius 2 is 2.09 bits per heavy atom. The summed E-state index contributed by atoms with van der Waals surface area (Å²) in [5.74, 6) is 1.55. The third-order valence-electron chi connectivity index (χ3n) is 3.77. The Bertz CT molecular complexity index is 697. The van der Waals surface area contributed by atoms with E-state index in [0.29, 0.717) is 10.9 Å². The van der Waals surface area contributed by atoms with Crippen LogP contribution in [0.25, 0.3) is 0 Å². The molecule has 1 fully saturated rings. The number of nitrogens with zero attached hydrogens (tertiary/aromatic N) is 3. The predicted molar refractivity (Wildman–Crippen MR) is 93.1 cm³/mol. The Balaban J connectivity index is 1.65. The van der Waals surface area contributed by atoms with Gasteiger partial charge in [-0.25, -0.2) is 0 Å². The first kappa shape index (κ1) is 16.3. The van der Waals surface area contributed by atoms with Crippen LogP contribution in [-0.2, 0) is 11.3 Å². The van der Waals surface area contributed by atoms with Crippen LogP contribution in [0.1, 0.15) is 38.4 Å². The van der Waals surface area contributed by atoms with Gasteiger partial charge in [0.2, 0.25) is 5.91 Å². The first-order valence-electron chi connectivity index (χ1n) is 7.74. The largest absolute Gasteiger partial charge is 0.325 e. The second kappa shape index (κ2) is 6.93. The number of rotatable bonds is 6. The molecule has 0 bridgehead atoms. The molecule has 0 aliphatic heterocycles. The van der Waals surface area contributed by atoms with Gasteiger partial charge >= 0.3 is 0 Å². The van der Waals surface area contributed by atoms with Crippen LogP contribution in [0.4, 0.5) is 5.69 Å². The van der Waals surface area contributed by atoms with Crippen LogP contribution >= 0.6 is 23.4 Å². The van der Waals surface area contributed by atoms with E-state index in [0.717, 1.165) is 23.2 Å². The Kier molecular flexibility index (Phi) is 4.92. The van der Waals surface area contributed by atoms with E-state index in [1.807, 2.05) is 6.92 Å². The summed E-state index contributed by atoms with van der Waals surface area (Å²) in [7, 11) is 0. The predicted octanol–water partition coefficient (Wildman–Crippen LogP) is 3.95. The van der Waals surface area contributed by atoms with Crippen molar-refractivity contribution in [3.63, 3.8) is 0 Å². The van der Waals surface area contributed by atoms with Crippen LogP contribution in [0.5, 0.6) is 0 Å². The van der Waals surface area contributed by atoms with Gasteiger partial charge in [0.25, 0.3) is 0 Å². The van der Waals surface area contributed by atoms with Crippen molar-refractivity contribution < 1.29 is 4.79 Å². The zero-order valence-electron chi connectivity index (χ0n) is 13.1. The molecule has 1 aliphatic carbocycles. The fourth-order valence-electron chi connectivity index (χ4n) is 2.32. The average Bonchev–Trinajstić information content (AvgIpc) is 3.31. The molecular formula is C16H19ClN4OS. The molecular weight excluding hydrogens is 332 g/mol. The van der Waals surface area contributed by atoms with Crippen molar-refractivity contribution in [2.45, 2.75) is 49.6 Å². The smallest absolute Gasteiger partial charge is 0.237 e. The summed E-state index contributed by atoms with van der Waals surface area (Å²) >= 11 is 7.29. The maximum atomic E-state index is 12.3. The molecule has 1 atom stereocenters. The summed E-state index contributed by atoms with van der Waals surface area (Å²) in [4.78, 5) is 12.3. The first-order valence-corrected chi connectivity index (χ1v) is 9.00. The minimum atomic E-state index is -0.257. The molecule has 2 aromatic rings. The van der Waals surface area contributed by atoms with Gasteiger partial charge in [-0.05, 0) is 51.0 Å². The molecule has 1 aromatic carbocycles. The summed E-state index contributed by atoms with van der Waals surface area (Å²) in [6.07, 6.45) is 2.38. The second-order valence-electron chi connectivity index (χ2n) is 5.62. The Labute approximate surface area is 144 Å². The molecule has 1 amide bonds. The van der Waals surface area contributed by atoms with Gasteiger partial charge < -0.3 is 9.88 Å². The number of amides is 1. The highest BCUT2D eigenvalue weighted by molar-refractivity contribution is 8.00. The van der Waals surface area contributed by atoms with E-state index in [-0.39, 0.29) is 11.2 Å². The van der Waals surface area contributed by atoms with Gasteiger partial charge in [0.15, 0.2) is 5.16 Å². The molecule has 5 nitrogen and oxygen atoms in total. The van der Waals surface area contributed by atoms with Gasteiger partial charge in [0.05, 0.1) is 5.25 Å². The van der Waals surface area contributed by atoms with Crippen LogP contribution < -0.4 is 5.32 Å². The number of halogens is 1. The number of nitrogens with one attached hydrogen (secondary N) is 1. The van der Waals surface area contributed by atoms with Crippen molar-refractivity contribution in [1.29, 1.82) is 0 Å². The highest BCUT2D eigenvalue weighted by Crippen LogP contribution is 2.40. The first-order chi connectivity index (χ1) is 11.1. The van der Waals surface area contributed by atoms with Crippen molar-refractivity contribution in [3.8, 4) is 0 Å². The van der Waals surface area contributed by atoms with E-state index >= 15 is 0 Å². The van der Waals surface area contributed by atoms with Gasteiger partial charge in [0.1, 0.15) is 5.82 Å². The second-order valence-corrected chi connectivity index (χ2v) is 7.36. The molecule has 122 valence electrons. The molecule has 0 radical (unpaired) electrons. The average molecular weight is 351 g/mol. The summed E-state index contributed by atoms with van der Waals surface area (Å²) in [6, 6.07) is 7.09. The minimum absolute atomic E-state index is 0.0593. The van der Waals surface area contributed by atoms with E-state index in [4.69, 9.17) is 11.6 Å². The number of benzene rings is 1. The fourth-order valence-corrected chi connectivity index (χ4v) is 3.36. The van der Waals surface area contributed by atoms with Gasteiger partial charge in [-0.2, -0.15) is 0 Å². The summed E-state index contributed by atoms with van der Waals surface area (Å²) in [6.45, 7) is 4.78. The zero-order valence-corrected chi connectivity index (χ0v) is 14.7.